The van der Waals surface area contributed by atoms with E-state index < -0.39 is 61.9 Å². The molecule has 0 amide bonds. The second-order valence-corrected chi connectivity index (χ2v) is 7.77. The number of benzene rings is 1. The molecule has 0 unspecified atom stereocenters. The van der Waals surface area contributed by atoms with Crippen molar-refractivity contribution in [3.05, 3.63) is 23.8 Å². The minimum absolute atomic E-state index is 0.0340. The number of rotatable bonds is 8. The Bertz CT molecular complexity index is 803. The van der Waals surface area contributed by atoms with E-state index in [1.165, 1.54) is 26.2 Å². The molecule has 3 rings (SSSR count). The van der Waals surface area contributed by atoms with Gasteiger partial charge in [0, 0.05) is 6.07 Å². The van der Waals surface area contributed by atoms with Crippen molar-refractivity contribution in [2.45, 2.75) is 55.6 Å². The van der Waals surface area contributed by atoms with Gasteiger partial charge in [0.1, 0.15) is 47.6 Å². The van der Waals surface area contributed by atoms with Crippen molar-refractivity contribution in [1.29, 1.82) is 0 Å². The van der Waals surface area contributed by atoms with Crippen LogP contribution in [0.1, 0.15) is 17.3 Å². The van der Waals surface area contributed by atoms with E-state index in [1.54, 1.807) is 6.07 Å². The van der Waals surface area contributed by atoms with Crippen LogP contribution in [0.3, 0.4) is 0 Å². The Hall–Kier alpha value is -1.87. The average molecular weight is 460 g/mol. The maximum absolute atomic E-state index is 11.9. The summed E-state index contributed by atoms with van der Waals surface area (Å²) in [6.07, 6.45) is -10.5. The van der Waals surface area contributed by atoms with Gasteiger partial charge in [0.25, 0.3) is 0 Å². The molecule has 12 nitrogen and oxygen atoms in total. The number of ketones is 1. The molecule has 2 aliphatic rings. The third kappa shape index (κ3) is 4.88. The molecule has 0 saturated carbocycles. The highest BCUT2D eigenvalue weighted by molar-refractivity contribution is 5.97. The molecule has 1 aromatic carbocycles. The molecule has 180 valence electrons. The normalized spacial score (nSPS) is 37.3. The lowest BCUT2D eigenvalue weighted by atomic mass is 9.99. The highest BCUT2D eigenvalue weighted by Gasteiger charge is 2.50. The van der Waals surface area contributed by atoms with E-state index in [4.69, 9.17) is 23.7 Å². The molecule has 0 aromatic heterocycles. The van der Waals surface area contributed by atoms with E-state index >= 15 is 0 Å². The lowest BCUT2D eigenvalue weighted by Crippen LogP contribution is -2.60. The maximum atomic E-state index is 11.9. The van der Waals surface area contributed by atoms with Gasteiger partial charge in [0.05, 0.1) is 32.5 Å². The third-order valence-electron chi connectivity index (χ3n) is 5.48. The molecule has 2 fully saturated rings. The van der Waals surface area contributed by atoms with Gasteiger partial charge >= 0.3 is 0 Å². The summed E-state index contributed by atoms with van der Waals surface area (Å²) in [5, 5.41) is 60.1. The Morgan fingerprint density at radius 2 is 1.88 bits per heavy atom. The number of Topliss-reactive ketones (excluding diaryl/α,β-unsaturated/α-hetero) is 1. The van der Waals surface area contributed by atoms with Crippen LogP contribution >= 0.6 is 0 Å². The van der Waals surface area contributed by atoms with Crippen LogP contribution in [-0.2, 0) is 14.2 Å². The Kier molecular flexibility index (Phi) is 7.70. The van der Waals surface area contributed by atoms with Gasteiger partial charge in [-0.1, -0.05) is 0 Å². The summed E-state index contributed by atoms with van der Waals surface area (Å²) in [4.78, 5) is 11.9. The topological polar surface area (TPSA) is 185 Å². The summed E-state index contributed by atoms with van der Waals surface area (Å²) in [6, 6.07) is 4.43. The predicted octanol–water partition coefficient (Wildman–Crippen LogP) is -2.46. The van der Waals surface area contributed by atoms with E-state index in [-0.39, 0.29) is 23.7 Å². The quantitative estimate of drug-likeness (QED) is 0.225. The fourth-order valence-corrected chi connectivity index (χ4v) is 3.42. The molecule has 2 heterocycles. The van der Waals surface area contributed by atoms with E-state index in [9.17, 15) is 35.4 Å². The van der Waals surface area contributed by atoms with Gasteiger partial charge in [0.2, 0.25) is 6.29 Å². The number of methoxy groups -OCH3 is 1. The lowest BCUT2D eigenvalue weighted by Gasteiger charge is -2.40. The Morgan fingerprint density at radius 1 is 1.16 bits per heavy atom. The molecule has 0 spiro atoms. The number of hydrogen-bond donors (Lipinski definition) is 6. The van der Waals surface area contributed by atoms with Crippen LogP contribution in [0.2, 0.25) is 0 Å². The number of ether oxygens (including phenoxy) is 5. The van der Waals surface area contributed by atoms with Crippen molar-refractivity contribution < 1.29 is 59.1 Å². The first-order valence-corrected chi connectivity index (χ1v) is 9.91. The fourth-order valence-electron chi connectivity index (χ4n) is 3.42. The first-order valence-electron chi connectivity index (χ1n) is 9.91. The molecule has 8 atom stereocenters. The lowest BCUT2D eigenvalue weighted by molar-refractivity contribution is -0.289. The molecule has 32 heavy (non-hydrogen) atoms. The Balaban J connectivity index is 1.72. The van der Waals surface area contributed by atoms with E-state index in [0.29, 0.717) is 5.75 Å². The molecular formula is C20H28O12. The van der Waals surface area contributed by atoms with Gasteiger partial charge in [-0.2, -0.15) is 0 Å². The molecule has 2 aliphatic heterocycles. The summed E-state index contributed by atoms with van der Waals surface area (Å²) in [6.45, 7) is -0.231. The number of carbonyl (C=O) groups is 1. The van der Waals surface area contributed by atoms with Crippen LogP contribution in [0.4, 0.5) is 0 Å². The summed E-state index contributed by atoms with van der Waals surface area (Å²) >= 11 is 0. The zero-order valence-corrected chi connectivity index (χ0v) is 17.5. The minimum Gasteiger partial charge on any atom is -0.497 e. The van der Waals surface area contributed by atoms with Gasteiger partial charge in [-0.05, 0) is 19.1 Å². The van der Waals surface area contributed by atoms with Gasteiger partial charge in [-0.15, -0.1) is 0 Å². The summed E-state index contributed by atoms with van der Waals surface area (Å²) in [7, 11) is 1.42. The van der Waals surface area contributed by atoms with E-state index in [1.807, 2.05) is 0 Å². The second-order valence-electron chi connectivity index (χ2n) is 7.77. The van der Waals surface area contributed by atoms with E-state index in [0.717, 1.165) is 0 Å². The maximum Gasteiger partial charge on any atom is 0.229 e. The van der Waals surface area contributed by atoms with Gasteiger partial charge in [-0.25, -0.2) is 0 Å². The van der Waals surface area contributed by atoms with Crippen molar-refractivity contribution in [1.82, 2.24) is 0 Å². The second kappa shape index (κ2) is 9.95. The fraction of sp³-hybridized carbons (Fsp3) is 0.650. The smallest absolute Gasteiger partial charge is 0.229 e. The average Bonchev–Trinajstić information content (AvgIpc) is 3.07. The number of carbonyl (C=O) groups excluding carboxylic acids is 1. The van der Waals surface area contributed by atoms with Crippen LogP contribution in [0.25, 0.3) is 0 Å². The molecule has 6 N–H and O–H groups in total. The van der Waals surface area contributed by atoms with Crippen LogP contribution < -0.4 is 9.47 Å². The molecule has 2 saturated heterocycles. The number of hydrogen-bond acceptors (Lipinski definition) is 12. The van der Waals surface area contributed by atoms with Crippen LogP contribution in [0.15, 0.2) is 18.2 Å². The monoisotopic (exact) mass is 460 g/mol. The highest BCUT2D eigenvalue weighted by atomic mass is 16.7. The SMILES string of the molecule is COc1ccc(C(C)=O)c(O[C@H]2O[C@@H](CO[C@H]3OC[C@@](O)(CO)[C@@H]3O)[C@H](O)[C@@H](O)[C@@H]2O)c1. The van der Waals surface area contributed by atoms with Gasteiger partial charge in [-0.3, -0.25) is 4.79 Å². The highest BCUT2D eigenvalue weighted by Crippen LogP contribution is 2.31. The Labute approximate surface area is 183 Å². The van der Waals surface area contributed by atoms with Crippen molar-refractivity contribution in [3.63, 3.8) is 0 Å². The number of aliphatic hydroxyl groups excluding tert-OH is 5. The van der Waals surface area contributed by atoms with Crippen molar-refractivity contribution in [3.8, 4) is 11.5 Å². The van der Waals surface area contributed by atoms with Crippen molar-refractivity contribution in [2.75, 3.05) is 26.9 Å². The zero-order valence-electron chi connectivity index (χ0n) is 17.5. The Morgan fingerprint density at radius 3 is 2.47 bits per heavy atom. The predicted molar refractivity (Wildman–Crippen MR) is 104 cm³/mol. The zero-order chi connectivity index (χ0) is 23.6. The largest absolute Gasteiger partial charge is 0.497 e. The number of aliphatic hydroxyl groups is 6. The summed E-state index contributed by atoms with van der Waals surface area (Å²) in [5.41, 5.74) is -1.71. The van der Waals surface area contributed by atoms with E-state index in [2.05, 4.69) is 0 Å². The van der Waals surface area contributed by atoms with Crippen LogP contribution in [-0.4, -0.2) is 112 Å². The summed E-state index contributed by atoms with van der Waals surface area (Å²) in [5.74, 6) is 0.0865. The molecule has 0 bridgehead atoms. The molecule has 12 heteroatoms. The first kappa shape index (κ1) is 24.8. The molecule has 0 radical (unpaired) electrons. The van der Waals surface area contributed by atoms with Gasteiger partial charge in [0.15, 0.2) is 12.1 Å². The van der Waals surface area contributed by atoms with Crippen molar-refractivity contribution in [2.24, 2.45) is 0 Å². The molecule has 1 aromatic rings. The third-order valence-corrected chi connectivity index (χ3v) is 5.48. The molecule has 0 aliphatic carbocycles. The van der Waals surface area contributed by atoms with Crippen LogP contribution in [0, 0.1) is 0 Å². The van der Waals surface area contributed by atoms with Crippen molar-refractivity contribution >= 4 is 5.78 Å². The van der Waals surface area contributed by atoms with Crippen LogP contribution in [0.5, 0.6) is 11.5 Å². The minimum atomic E-state index is -1.90. The summed E-state index contributed by atoms with van der Waals surface area (Å²) < 4.78 is 26.8. The molecular weight excluding hydrogens is 432 g/mol. The standard InChI is InChI=1S/C20H28O12/c1-9(22)11-4-3-10(28-2)5-12(11)31-18-16(25)15(24)14(23)13(32-18)6-29-19-17(26)20(27,7-21)8-30-19/h3-5,13-19,21,23-27H,6-8H2,1-2H3/t13-,14-,15+,16-,17+,18-,19-,20-/m0/s1. The van der Waals surface area contributed by atoms with Gasteiger partial charge < -0.3 is 54.3 Å². The first-order chi connectivity index (χ1) is 15.1.